The van der Waals surface area contributed by atoms with Crippen molar-refractivity contribution in [2.24, 2.45) is 5.73 Å². The minimum atomic E-state index is -0.239. The molecule has 0 aromatic heterocycles. The van der Waals surface area contributed by atoms with Crippen molar-refractivity contribution in [2.75, 3.05) is 6.54 Å². The van der Waals surface area contributed by atoms with Crippen molar-refractivity contribution in [2.45, 2.75) is 38.6 Å². The standard InChI is InChI=1S/C14H22N2O/c1-3-12(4-2)16-14(17)13(10-15)11-8-6-5-7-9-11/h5-9,12-13H,3-4,10,15H2,1-2H3,(H,16,17). The minimum Gasteiger partial charge on any atom is -0.353 e. The fourth-order valence-electron chi connectivity index (χ4n) is 1.87. The molecule has 1 rings (SSSR count). The first-order valence-corrected chi connectivity index (χ1v) is 6.28. The minimum absolute atomic E-state index is 0.0346. The zero-order chi connectivity index (χ0) is 12.7. The molecule has 0 radical (unpaired) electrons. The number of amides is 1. The average Bonchev–Trinajstić information content (AvgIpc) is 2.38. The fourth-order valence-corrected chi connectivity index (χ4v) is 1.87. The molecule has 1 aromatic rings. The van der Waals surface area contributed by atoms with E-state index in [4.69, 9.17) is 5.73 Å². The van der Waals surface area contributed by atoms with Crippen molar-refractivity contribution in [1.29, 1.82) is 0 Å². The van der Waals surface area contributed by atoms with Crippen LogP contribution in [-0.2, 0) is 4.79 Å². The van der Waals surface area contributed by atoms with Gasteiger partial charge in [-0.1, -0.05) is 44.2 Å². The molecule has 0 saturated heterocycles. The molecule has 1 aromatic carbocycles. The van der Waals surface area contributed by atoms with Crippen LogP contribution < -0.4 is 11.1 Å². The molecule has 0 saturated carbocycles. The summed E-state index contributed by atoms with van der Waals surface area (Å²) in [7, 11) is 0. The van der Waals surface area contributed by atoms with E-state index >= 15 is 0 Å². The Bertz CT molecular complexity index is 333. The van der Waals surface area contributed by atoms with Crippen molar-refractivity contribution in [1.82, 2.24) is 5.32 Å². The van der Waals surface area contributed by atoms with E-state index in [1.54, 1.807) is 0 Å². The van der Waals surface area contributed by atoms with Gasteiger partial charge in [-0.05, 0) is 18.4 Å². The topological polar surface area (TPSA) is 55.1 Å². The molecule has 0 aliphatic carbocycles. The van der Waals surface area contributed by atoms with Crippen LogP contribution in [0.4, 0.5) is 0 Å². The monoisotopic (exact) mass is 234 g/mol. The van der Waals surface area contributed by atoms with E-state index in [0.29, 0.717) is 6.54 Å². The maximum Gasteiger partial charge on any atom is 0.229 e. The molecule has 0 spiro atoms. The summed E-state index contributed by atoms with van der Waals surface area (Å²) in [6.45, 7) is 4.50. The summed E-state index contributed by atoms with van der Waals surface area (Å²) < 4.78 is 0. The van der Waals surface area contributed by atoms with E-state index in [1.165, 1.54) is 0 Å². The summed E-state index contributed by atoms with van der Waals surface area (Å²) in [5, 5.41) is 3.05. The van der Waals surface area contributed by atoms with E-state index in [0.717, 1.165) is 18.4 Å². The number of nitrogens with two attached hydrogens (primary N) is 1. The van der Waals surface area contributed by atoms with Crippen LogP contribution in [0.5, 0.6) is 0 Å². The lowest BCUT2D eigenvalue weighted by molar-refractivity contribution is -0.123. The normalized spacial score (nSPS) is 12.5. The molecule has 0 fully saturated rings. The third-order valence-corrected chi connectivity index (χ3v) is 3.09. The van der Waals surface area contributed by atoms with Gasteiger partial charge in [-0.3, -0.25) is 4.79 Å². The largest absolute Gasteiger partial charge is 0.353 e. The van der Waals surface area contributed by atoms with E-state index in [2.05, 4.69) is 19.2 Å². The van der Waals surface area contributed by atoms with Gasteiger partial charge >= 0.3 is 0 Å². The van der Waals surface area contributed by atoms with Crippen LogP contribution in [0.1, 0.15) is 38.2 Å². The van der Waals surface area contributed by atoms with Gasteiger partial charge in [0.2, 0.25) is 5.91 Å². The molecule has 0 bridgehead atoms. The van der Waals surface area contributed by atoms with E-state index in [9.17, 15) is 4.79 Å². The molecule has 94 valence electrons. The van der Waals surface area contributed by atoms with Crippen molar-refractivity contribution in [3.05, 3.63) is 35.9 Å². The molecule has 1 atom stereocenters. The van der Waals surface area contributed by atoms with Crippen LogP contribution in [0.25, 0.3) is 0 Å². The highest BCUT2D eigenvalue weighted by Gasteiger charge is 2.20. The highest BCUT2D eigenvalue weighted by molar-refractivity contribution is 5.84. The van der Waals surface area contributed by atoms with Crippen molar-refractivity contribution in [3.63, 3.8) is 0 Å². The Labute approximate surface area is 103 Å². The van der Waals surface area contributed by atoms with Gasteiger partial charge < -0.3 is 11.1 Å². The van der Waals surface area contributed by atoms with E-state index in [1.807, 2.05) is 30.3 Å². The lowest BCUT2D eigenvalue weighted by atomic mass is 9.97. The Morgan fingerprint density at radius 3 is 2.29 bits per heavy atom. The number of rotatable bonds is 6. The number of carbonyl (C=O) groups excluding carboxylic acids is 1. The quantitative estimate of drug-likeness (QED) is 0.791. The van der Waals surface area contributed by atoms with Crippen molar-refractivity contribution >= 4 is 5.91 Å². The average molecular weight is 234 g/mol. The highest BCUT2D eigenvalue weighted by atomic mass is 16.1. The van der Waals surface area contributed by atoms with Gasteiger partial charge in [0.25, 0.3) is 0 Å². The van der Waals surface area contributed by atoms with Crippen LogP contribution in [0.2, 0.25) is 0 Å². The fraction of sp³-hybridized carbons (Fsp3) is 0.500. The Morgan fingerprint density at radius 2 is 1.82 bits per heavy atom. The maximum atomic E-state index is 12.1. The first-order valence-electron chi connectivity index (χ1n) is 6.28. The second kappa shape index (κ2) is 7.07. The van der Waals surface area contributed by atoms with E-state index in [-0.39, 0.29) is 17.9 Å². The van der Waals surface area contributed by atoms with Gasteiger partial charge in [0.05, 0.1) is 5.92 Å². The number of hydrogen-bond donors (Lipinski definition) is 2. The third-order valence-electron chi connectivity index (χ3n) is 3.09. The summed E-state index contributed by atoms with van der Waals surface area (Å²) in [5.74, 6) is -0.204. The van der Waals surface area contributed by atoms with Crippen LogP contribution in [0, 0.1) is 0 Å². The summed E-state index contributed by atoms with van der Waals surface area (Å²) >= 11 is 0. The second-order valence-corrected chi connectivity index (χ2v) is 4.22. The number of nitrogens with one attached hydrogen (secondary N) is 1. The highest BCUT2D eigenvalue weighted by Crippen LogP contribution is 2.14. The molecule has 17 heavy (non-hydrogen) atoms. The molecule has 0 heterocycles. The SMILES string of the molecule is CCC(CC)NC(=O)C(CN)c1ccccc1. The van der Waals surface area contributed by atoms with Crippen LogP contribution in [-0.4, -0.2) is 18.5 Å². The maximum absolute atomic E-state index is 12.1. The van der Waals surface area contributed by atoms with Gasteiger partial charge in [-0.15, -0.1) is 0 Å². The van der Waals surface area contributed by atoms with E-state index < -0.39 is 0 Å². The summed E-state index contributed by atoms with van der Waals surface area (Å²) in [6.07, 6.45) is 1.91. The molecular weight excluding hydrogens is 212 g/mol. The first kappa shape index (κ1) is 13.7. The molecule has 1 amide bonds. The Balaban J connectivity index is 2.71. The lowest BCUT2D eigenvalue weighted by Crippen LogP contribution is -2.39. The van der Waals surface area contributed by atoms with Gasteiger partial charge in [-0.25, -0.2) is 0 Å². The predicted molar refractivity (Wildman–Crippen MR) is 70.8 cm³/mol. The zero-order valence-corrected chi connectivity index (χ0v) is 10.6. The second-order valence-electron chi connectivity index (χ2n) is 4.22. The molecule has 3 heteroatoms. The molecule has 3 nitrogen and oxygen atoms in total. The van der Waals surface area contributed by atoms with Gasteiger partial charge in [0.15, 0.2) is 0 Å². The Hall–Kier alpha value is -1.35. The van der Waals surface area contributed by atoms with Crippen LogP contribution in [0.15, 0.2) is 30.3 Å². The van der Waals surface area contributed by atoms with Gasteiger partial charge in [-0.2, -0.15) is 0 Å². The Kier molecular flexibility index (Phi) is 5.70. The summed E-state index contributed by atoms with van der Waals surface area (Å²) in [6, 6.07) is 9.95. The molecule has 0 aliphatic rings. The Morgan fingerprint density at radius 1 is 1.24 bits per heavy atom. The van der Waals surface area contributed by atoms with Gasteiger partial charge in [0, 0.05) is 12.6 Å². The number of carbonyl (C=O) groups is 1. The lowest BCUT2D eigenvalue weighted by Gasteiger charge is -2.20. The molecule has 0 aliphatic heterocycles. The van der Waals surface area contributed by atoms with Crippen LogP contribution >= 0.6 is 0 Å². The molecule has 3 N–H and O–H groups in total. The zero-order valence-electron chi connectivity index (χ0n) is 10.6. The predicted octanol–water partition coefficient (Wildman–Crippen LogP) is 2.03. The summed E-state index contributed by atoms with van der Waals surface area (Å²) in [5.41, 5.74) is 6.69. The van der Waals surface area contributed by atoms with Crippen molar-refractivity contribution in [3.8, 4) is 0 Å². The van der Waals surface area contributed by atoms with Crippen molar-refractivity contribution < 1.29 is 4.79 Å². The smallest absolute Gasteiger partial charge is 0.229 e. The molecule has 1 unspecified atom stereocenters. The third kappa shape index (κ3) is 3.86. The first-order chi connectivity index (χ1) is 8.22. The molecular formula is C14H22N2O. The van der Waals surface area contributed by atoms with Crippen LogP contribution in [0.3, 0.4) is 0 Å². The number of benzene rings is 1. The van der Waals surface area contributed by atoms with Gasteiger partial charge in [0.1, 0.15) is 0 Å². The summed E-state index contributed by atoms with van der Waals surface area (Å²) in [4.78, 5) is 12.1. The number of hydrogen-bond acceptors (Lipinski definition) is 2.